The van der Waals surface area contributed by atoms with Gasteiger partial charge in [-0.15, -0.1) is 0 Å². The van der Waals surface area contributed by atoms with Crippen molar-refractivity contribution in [2.45, 2.75) is 51.9 Å². The van der Waals surface area contributed by atoms with E-state index in [4.69, 9.17) is 28.3 Å². The average Bonchev–Trinajstić information content (AvgIpc) is 3.29. The zero-order valence-corrected chi connectivity index (χ0v) is 23.0. The summed E-state index contributed by atoms with van der Waals surface area (Å²) in [5.74, 6) is -0.585. The van der Waals surface area contributed by atoms with E-state index in [-0.39, 0.29) is 42.4 Å². The number of aromatic nitrogens is 3. The summed E-state index contributed by atoms with van der Waals surface area (Å²) in [6.45, 7) is 6.71. The van der Waals surface area contributed by atoms with Gasteiger partial charge in [0.1, 0.15) is 11.4 Å². The second kappa shape index (κ2) is 10.0. The lowest BCUT2D eigenvalue weighted by molar-refractivity contribution is 0.0574. The van der Waals surface area contributed by atoms with Crippen molar-refractivity contribution in [3.63, 3.8) is 0 Å². The van der Waals surface area contributed by atoms with Gasteiger partial charge < -0.3 is 15.1 Å². The topological polar surface area (TPSA) is 100 Å². The van der Waals surface area contributed by atoms with Gasteiger partial charge in [0.2, 0.25) is 0 Å². The third kappa shape index (κ3) is 4.43. The number of carbonyl (C=O) groups excluding carboxylic acids is 3. The van der Waals surface area contributed by atoms with Crippen molar-refractivity contribution in [3.8, 4) is 0 Å². The molecule has 0 fully saturated rings. The summed E-state index contributed by atoms with van der Waals surface area (Å²) >= 11 is 12.2. The van der Waals surface area contributed by atoms with E-state index in [1.54, 1.807) is 42.4 Å². The molecule has 4 heterocycles. The number of halogens is 2. The third-order valence-electron chi connectivity index (χ3n) is 7.41. The molecule has 38 heavy (non-hydrogen) atoms. The molecule has 11 heteroatoms. The molecule has 2 aliphatic rings. The van der Waals surface area contributed by atoms with Crippen LogP contribution in [0.15, 0.2) is 36.5 Å². The first-order valence-corrected chi connectivity index (χ1v) is 13.2. The lowest BCUT2D eigenvalue weighted by Gasteiger charge is -2.37. The van der Waals surface area contributed by atoms with Gasteiger partial charge in [0, 0.05) is 43.4 Å². The number of carbonyl (C=O) groups is 3. The molecular weight excluding hydrogens is 527 g/mol. The van der Waals surface area contributed by atoms with Crippen LogP contribution in [0.2, 0.25) is 10.0 Å². The second-order valence-electron chi connectivity index (χ2n) is 9.87. The Morgan fingerprint density at radius 1 is 1.11 bits per heavy atom. The molecule has 1 aromatic carbocycles. The van der Waals surface area contributed by atoms with E-state index < -0.39 is 0 Å². The molecule has 3 atom stereocenters. The summed E-state index contributed by atoms with van der Waals surface area (Å²) in [6.07, 6.45) is 2.18. The van der Waals surface area contributed by atoms with Gasteiger partial charge in [-0.3, -0.25) is 24.0 Å². The van der Waals surface area contributed by atoms with Gasteiger partial charge in [-0.2, -0.15) is 5.10 Å². The van der Waals surface area contributed by atoms with Crippen molar-refractivity contribution in [1.82, 2.24) is 29.9 Å². The van der Waals surface area contributed by atoms with Gasteiger partial charge >= 0.3 is 0 Å². The number of pyridine rings is 1. The molecule has 0 saturated carbocycles. The van der Waals surface area contributed by atoms with Gasteiger partial charge in [-0.05, 0) is 50.6 Å². The molecule has 0 saturated heterocycles. The first kappa shape index (κ1) is 26.2. The fourth-order valence-electron chi connectivity index (χ4n) is 5.18. The molecule has 3 amide bonds. The Morgan fingerprint density at radius 2 is 1.87 bits per heavy atom. The number of amides is 3. The normalized spacial score (nSPS) is 19.6. The Labute approximate surface area is 230 Å². The van der Waals surface area contributed by atoms with Crippen LogP contribution in [0.1, 0.15) is 81.0 Å². The Kier molecular flexibility index (Phi) is 6.92. The maximum Gasteiger partial charge on any atom is 0.273 e. The van der Waals surface area contributed by atoms with E-state index in [9.17, 15) is 14.4 Å². The fraction of sp³-hybridized carbons (Fsp3) is 0.370. The predicted molar refractivity (Wildman–Crippen MR) is 144 cm³/mol. The van der Waals surface area contributed by atoms with Crippen LogP contribution in [-0.4, -0.2) is 61.9 Å². The van der Waals surface area contributed by atoms with E-state index in [2.05, 4.69) is 10.3 Å². The summed E-state index contributed by atoms with van der Waals surface area (Å²) in [5.41, 5.74) is 3.72. The number of nitrogens with zero attached hydrogens (tertiary/aromatic N) is 5. The highest BCUT2D eigenvalue weighted by molar-refractivity contribution is 6.42. The number of rotatable bonds is 4. The lowest BCUT2D eigenvalue weighted by Crippen LogP contribution is -2.45. The Hall–Kier alpha value is -3.43. The first-order chi connectivity index (χ1) is 18.1. The Balaban J connectivity index is 1.44. The number of hydrogen-bond donors (Lipinski definition) is 1. The number of fused-ring (bicyclic) bond motifs is 3. The molecule has 1 unspecified atom stereocenters. The fourth-order valence-corrected chi connectivity index (χ4v) is 5.48. The monoisotopic (exact) mass is 554 g/mol. The van der Waals surface area contributed by atoms with Crippen molar-refractivity contribution < 1.29 is 14.4 Å². The molecule has 198 valence electrons. The molecule has 0 spiro atoms. The average molecular weight is 555 g/mol. The van der Waals surface area contributed by atoms with Crippen LogP contribution in [0.25, 0.3) is 0 Å². The number of nitrogens with one attached hydrogen (secondary N) is 1. The highest BCUT2D eigenvalue weighted by Crippen LogP contribution is 2.35. The van der Waals surface area contributed by atoms with E-state index >= 15 is 0 Å². The molecule has 9 nitrogen and oxygen atoms in total. The smallest absolute Gasteiger partial charge is 0.273 e. The van der Waals surface area contributed by atoms with Gasteiger partial charge in [0.15, 0.2) is 0 Å². The van der Waals surface area contributed by atoms with Crippen LogP contribution in [-0.2, 0) is 13.0 Å². The van der Waals surface area contributed by atoms with Crippen LogP contribution in [0.4, 0.5) is 0 Å². The van der Waals surface area contributed by atoms with Crippen molar-refractivity contribution in [3.05, 3.63) is 80.3 Å². The summed E-state index contributed by atoms with van der Waals surface area (Å²) in [4.78, 5) is 47.0. The minimum atomic E-state index is -0.271. The first-order valence-electron chi connectivity index (χ1n) is 12.5. The summed E-state index contributed by atoms with van der Waals surface area (Å²) in [6, 6.07) is 7.89. The molecular formula is C27H28Cl2N6O3. The number of hydrogen-bond acceptors (Lipinski definition) is 5. The summed E-state index contributed by atoms with van der Waals surface area (Å²) < 4.78 is 1.81. The molecule has 0 radical (unpaired) electrons. The highest BCUT2D eigenvalue weighted by atomic mass is 35.5. The molecule has 5 rings (SSSR count). The molecule has 3 aromatic rings. The quantitative estimate of drug-likeness (QED) is 0.517. The lowest BCUT2D eigenvalue weighted by atomic mass is 9.96. The maximum atomic E-state index is 13.9. The van der Waals surface area contributed by atoms with Crippen molar-refractivity contribution in [2.24, 2.45) is 0 Å². The van der Waals surface area contributed by atoms with Crippen molar-refractivity contribution in [2.75, 3.05) is 13.6 Å². The summed E-state index contributed by atoms with van der Waals surface area (Å²) in [5, 5.41) is 8.07. The highest BCUT2D eigenvalue weighted by Gasteiger charge is 2.40. The SMILES string of the molecule is CNC(=O)c1ccc(C(C)N2C[C@@H](C)n3nc4c(c3C2=O)CN(C(=O)c2ccc(Cl)c(Cl)c2)[C@H](C)C4)cn1. The van der Waals surface area contributed by atoms with E-state index in [0.717, 1.165) is 16.8 Å². The molecule has 0 bridgehead atoms. The predicted octanol–water partition coefficient (Wildman–Crippen LogP) is 4.31. The largest absolute Gasteiger partial charge is 0.354 e. The summed E-state index contributed by atoms with van der Waals surface area (Å²) in [7, 11) is 1.55. The van der Waals surface area contributed by atoms with E-state index in [1.807, 2.05) is 36.4 Å². The zero-order valence-electron chi connectivity index (χ0n) is 21.5. The van der Waals surface area contributed by atoms with Gasteiger partial charge in [-0.1, -0.05) is 29.3 Å². The van der Waals surface area contributed by atoms with Gasteiger partial charge in [0.25, 0.3) is 17.7 Å². The second-order valence-corrected chi connectivity index (χ2v) is 10.7. The molecule has 0 aliphatic carbocycles. The molecule has 2 aromatic heterocycles. The third-order valence-corrected chi connectivity index (χ3v) is 8.15. The Morgan fingerprint density at radius 3 is 2.53 bits per heavy atom. The van der Waals surface area contributed by atoms with E-state index in [0.29, 0.717) is 40.0 Å². The standard InChI is InChI=1S/C27H28Cl2N6O3/c1-14-9-23-19(13-33(14)26(37)17-5-7-20(28)21(29)10-17)24-27(38)34(12-15(2)35(24)32-23)16(3)18-6-8-22(31-11-18)25(36)30-4/h5-8,10-11,14-16H,9,12-13H2,1-4H3,(H,30,36)/t14-,15-,16?/m1/s1. The minimum absolute atomic E-state index is 0.0524. The van der Waals surface area contributed by atoms with E-state index in [1.165, 1.54) is 0 Å². The molecule has 1 N–H and O–H groups in total. The van der Waals surface area contributed by atoms with Crippen LogP contribution in [0.3, 0.4) is 0 Å². The molecule has 2 aliphatic heterocycles. The van der Waals surface area contributed by atoms with Crippen LogP contribution in [0, 0.1) is 0 Å². The Bertz CT molecular complexity index is 1440. The van der Waals surface area contributed by atoms with Gasteiger partial charge in [-0.25, -0.2) is 0 Å². The van der Waals surface area contributed by atoms with Crippen molar-refractivity contribution >= 4 is 40.9 Å². The minimum Gasteiger partial charge on any atom is -0.354 e. The van der Waals surface area contributed by atoms with Crippen LogP contribution < -0.4 is 5.32 Å². The van der Waals surface area contributed by atoms with Gasteiger partial charge in [0.05, 0.1) is 34.4 Å². The van der Waals surface area contributed by atoms with Crippen LogP contribution >= 0.6 is 23.2 Å². The maximum absolute atomic E-state index is 13.9. The van der Waals surface area contributed by atoms with Crippen LogP contribution in [0.5, 0.6) is 0 Å². The number of benzene rings is 1. The zero-order chi connectivity index (χ0) is 27.3. The van der Waals surface area contributed by atoms with Crippen molar-refractivity contribution in [1.29, 1.82) is 0 Å².